The third-order valence-electron chi connectivity index (χ3n) is 4.89. The van der Waals surface area contributed by atoms with Gasteiger partial charge in [0.15, 0.2) is 0 Å². The van der Waals surface area contributed by atoms with E-state index in [2.05, 4.69) is 36.6 Å². The molecule has 0 saturated heterocycles. The van der Waals surface area contributed by atoms with Gasteiger partial charge in [-0.3, -0.25) is 4.79 Å². The van der Waals surface area contributed by atoms with Gasteiger partial charge in [0.25, 0.3) is 5.91 Å². The molecule has 2 heterocycles. The lowest BCUT2D eigenvalue weighted by Crippen LogP contribution is -3.06. The van der Waals surface area contributed by atoms with Crippen LogP contribution in [-0.4, -0.2) is 36.3 Å². The van der Waals surface area contributed by atoms with E-state index < -0.39 is 0 Å². The second-order valence-corrected chi connectivity index (χ2v) is 8.54. The molecule has 0 aliphatic rings. The highest BCUT2D eigenvalue weighted by molar-refractivity contribution is 7.20. The summed E-state index contributed by atoms with van der Waals surface area (Å²) >= 11 is 1.49. The summed E-state index contributed by atoms with van der Waals surface area (Å²) in [6.07, 6.45) is 0. The third kappa shape index (κ3) is 4.09. The maximum absolute atomic E-state index is 13.1. The highest BCUT2D eigenvalue weighted by atomic mass is 32.1. The van der Waals surface area contributed by atoms with Crippen LogP contribution in [0.1, 0.15) is 27.0 Å². The fourth-order valence-electron chi connectivity index (χ4n) is 3.48. The van der Waals surface area contributed by atoms with Crippen LogP contribution in [-0.2, 0) is 0 Å². The molecule has 0 unspecified atom stereocenters. The Bertz CT molecular complexity index is 1120. The summed E-state index contributed by atoms with van der Waals surface area (Å²) in [5.41, 5.74) is 3.05. The smallest absolute Gasteiger partial charge is 0.262 e. The standard InChI is InChI=1S/C23H24N4OS/c1-16-19-14-21(29-23(19)27(25-16)18-12-8-5-9-13-18)22(28)24-20(15-26(2)3)17-10-6-4-7-11-17/h4-14,20H,15H2,1-3H3,(H,24,28)/p+1/t20-/m1/s1. The number of nitrogens with one attached hydrogen (secondary N) is 2. The maximum atomic E-state index is 13.1. The molecule has 0 spiro atoms. The number of benzene rings is 2. The molecule has 0 aliphatic heterocycles. The van der Waals surface area contributed by atoms with E-state index in [1.165, 1.54) is 16.2 Å². The van der Waals surface area contributed by atoms with Gasteiger partial charge in [0.05, 0.1) is 30.4 Å². The van der Waals surface area contributed by atoms with E-state index in [9.17, 15) is 4.79 Å². The topological polar surface area (TPSA) is 51.4 Å². The summed E-state index contributed by atoms with van der Waals surface area (Å²) in [5.74, 6) is -0.0414. The van der Waals surface area contributed by atoms with Crippen molar-refractivity contribution in [1.82, 2.24) is 15.1 Å². The summed E-state index contributed by atoms with van der Waals surface area (Å²) in [5, 5.41) is 8.92. The zero-order valence-corrected chi connectivity index (χ0v) is 17.7. The Labute approximate surface area is 174 Å². The summed E-state index contributed by atoms with van der Waals surface area (Å²) < 4.78 is 1.92. The highest BCUT2D eigenvalue weighted by Gasteiger charge is 2.22. The molecular formula is C23H25N4OS+. The monoisotopic (exact) mass is 405 g/mol. The molecule has 2 aromatic carbocycles. The van der Waals surface area contributed by atoms with E-state index in [1.807, 2.05) is 66.2 Å². The normalized spacial score (nSPS) is 12.4. The first-order valence-electron chi connectivity index (χ1n) is 9.72. The molecule has 0 saturated carbocycles. The van der Waals surface area contributed by atoms with Crippen LogP contribution in [0.5, 0.6) is 0 Å². The molecule has 1 amide bonds. The number of aromatic nitrogens is 2. The zero-order chi connectivity index (χ0) is 20.4. The summed E-state index contributed by atoms with van der Waals surface area (Å²) in [6, 6.07) is 22.1. The van der Waals surface area contributed by atoms with Crippen molar-refractivity contribution in [3.8, 4) is 5.69 Å². The first-order valence-corrected chi connectivity index (χ1v) is 10.5. The van der Waals surface area contributed by atoms with Gasteiger partial charge in [-0.25, -0.2) is 4.68 Å². The minimum atomic E-state index is -0.0414. The third-order valence-corrected chi connectivity index (χ3v) is 6.00. The van der Waals surface area contributed by atoms with Gasteiger partial charge >= 0.3 is 0 Å². The summed E-state index contributed by atoms with van der Waals surface area (Å²) in [4.78, 5) is 16.1. The fraction of sp³-hybridized carbons (Fsp3) is 0.217. The Morgan fingerprint density at radius 2 is 1.76 bits per heavy atom. The number of carbonyl (C=O) groups is 1. The van der Waals surface area contributed by atoms with Crippen molar-refractivity contribution in [2.24, 2.45) is 0 Å². The lowest BCUT2D eigenvalue weighted by Gasteiger charge is -2.20. The van der Waals surface area contributed by atoms with Crippen LogP contribution >= 0.6 is 11.3 Å². The number of nitrogens with zero attached hydrogens (tertiary/aromatic N) is 2. The van der Waals surface area contributed by atoms with E-state index in [1.54, 1.807) is 0 Å². The molecular weight excluding hydrogens is 380 g/mol. The Hall–Kier alpha value is -2.96. The summed E-state index contributed by atoms with van der Waals surface area (Å²) in [6.45, 7) is 2.80. The van der Waals surface area contributed by atoms with Gasteiger partial charge in [-0.1, -0.05) is 48.5 Å². The van der Waals surface area contributed by atoms with Gasteiger partial charge in [0.1, 0.15) is 17.4 Å². The molecule has 0 radical (unpaired) electrons. The van der Waals surface area contributed by atoms with Crippen molar-refractivity contribution >= 4 is 27.5 Å². The predicted octanol–water partition coefficient (Wildman–Crippen LogP) is 3.01. The minimum absolute atomic E-state index is 0.0365. The van der Waals surface area contributed by atoms with Crippen molar-refractivity contribution in [3.05, 3.63) is 82.9 Å². The molecule has 0 aliphatic carbocycles. The quantitative estimate of drug-likeness (QED) is 0.518. The van der Waals surface area contributed by atoms with Crippen LogP contribution in [0.3, 0.4) is 0 Å². The van der Waals surface area contributed by atoms with Crippen molar-refractivity contribution in [2.75, 3.05) is 20.6 Å². The van der Waals surface area contributed by atoms with Gasteiger partial charge in [0.2, 0.25) is 0 Å². The van der Waals surface area contributed by atoms with E-state index in [0.29, 0.717) is 4.88 Å². The Kier molecular flexibility index (Phi) is 5.47. The lowest BCUT2D eigenvalue weighted by molar-refractivity contribution is -0.860. The molecule has 0 fully saturated rings. The number of fused-ring (bicyclic) bond motifs is 1. The number of hydrogen-bond acceptors (Lipinski definition) is 3. The molecule has 148 valence electrons. The van der Waals surface area contributed by atoms with Gasteiger partial charge in [-0.05, 0) is 30.7 Å². The van der Waals surface area contributed by atoms with E-state index >= 15 is 0 Å². The minimum Gasteiger partial charge on any atom is -0.339 e. The van der Waals surface area contributed by atoms with Crippen molar-refractivity contribution in [2.45, 2.75) is 13.0 Å². The number of para-hydroxylation sites is 1. The van der Waals surface area contributed by atoms with Crippen LogP contribution in [0.15, 0.2) is 66.7 Å². The van der Waals surface area contributed by atoms with Crippen molar-refractivity contribution < 1.29 is 9.69 Å². The SMILES string of the molecule is Cc1nn(-c2ccccc2)c2sc(C(=O)N[C@H](C[NH+](C)C)c3ccccc3)cc12. The molecule has 29 heavy (non-hydrogen) atoms. The Morgan fingerprint density at radius 1 is 1.10 bits per heavy atom. The molecule has 4 rings (SSSR count). The number of hydrogen-bond donors (Lipinski definition) is 2. The highest BCUT2D eigenvalue weighted by Crippen LogP contribution is 2.30. The first-order chi connectivity index (χ1) is 14.0. The fourth-order valence-corrected chi connectivity index (χ4v) is 4.56. The maximum Gasteiger partial charge on any atom is 0.262 e. The van der Waals surface area contributed by atoms with E-state index in [-0.39, 0.29) is 11.9 Å². The number of amides is 1. The lowest BCUT2D eigenvalue weighted by atomic mass is 10.1. The van der Waals surface area contributed by atoms with Gasteiger partial charge in [-0.15, -0.1) is 11.3 Å². The zero-order valence-electron chi connectivity index (χ0n) is 16.8. The van der Waals surface area contributed by atoms with Crippen LogP contribution < -0.4 is 10.2 Å². The number of rotatable bonds is 6. The van der Waals surface area contributed by atoms with Gasteiger partial charge in [0, 0.05) is 5.39 Å². The van der Waals surface area contributed by atoms with E-state index in [4.69, 9.17) is 0 Å². The van der Waals surface area contributed by atoms with Crippen molar-refractivity contribution in [1.29, 1.82) is 0 Å². The Morgan fingerprint density at radius 3 is 2.41 bits per heavy atom. The average molecular weight is 406 g/mol. The number of thiophene rings is 1. The van der Waals surface area contributed by atoms with Gasteiger partial charge in [-0.2, -0.15) is 5.10 Å². The van der Waals surface area contributed by atoms with Crippen LogP contribution in [0, 0.1) is 6.92 Å². The second-order valence-electron chi connectivity index (χ2n) is 7.51. The number of quaternary nitrogens is 1. The van der Waals surface area contributed by atoms with Crippen LogP contribution in [0.4, 0.5) is 0 Å². The van der Waals surface area contributed by atoms with Gasteiger partial charge < -0.3 is 10.2 Å². The summed E-state index contributed by atoms with van der Waals surface area (Å²) in [7, 11) is 4.19. The molecule has 4 aromatic rings. The molecule has 2 N–H and O–H groups in total. The Balaban J connectivity index is 1.64. The van der Waals surface area contributed by atoms with Crippen molar-refractivity contribution in [3.63, 3.8) is 0 Å². The average Bonchev–Trinajstić information content (AvgIpc) is 3.29. The first kappa shape index (κ1) is 19.4. The van der Waals surface area contributed by atoms with E-state index in [0.717, 1.165) is 33.7 Å². The number of aryl methyl sites for hydroxylation is 1. The number of carbonyl (C=O) groups excluding carboxylic acids is 1. The molecule has 2 aromatic heterocycles. The predicted molar refractivity (Wildman–Crippen MR) is 118 cm³/mol. The second kappa shape index (κ2) is 8.19. The molecule has 5 nitrogen and oxygen atoms in total. The molecule has 0 bridgehead atoms. The largest absolute Gasteiger partial charge is 0.339 e. The number of likely N-dealkylation sites (N-methyl/N-ethyl adjacent to an activating group) is 1. The van der Waals surface area contributed by atoms with Crippen LogP contribution in [0.2, 0.25) is 0 Å². The van der Waals surface area contributed by atoms with Crippen LogP contribution in [0.25, 0.3) is 15.9 Å². The molecule has 1 atom stereocenters. The molecule has 6 heteroatoms.